The zero-order valence-corrected chi connectivity index (χ0v) is 16.1. The van der Waals surface area contributed by atoms with Crippen molar-refractivity contribution < 1.29 is 9.84 Å². The van der Waals surface area contributed by atoms with Gasteiger partial charge >= 0.3 is 0 Å². The van der Waals surface area contributed by atoms with Gasteiger partial charge < -0.3 is 14.7 Å². The lowest BCUT2D eigenvalue weighted by molar-refractivity contribution is 0.0518. The van der Waals surface area contributed by atoms with Crippen LogP contribution in [0.5, 0.6) is 5.75 Å². The summed E-state index contributed by atoms with van der Waals surface area (Å²) in [7, 11) is 0. The molecule has 0 spiro atoms. The fraction of sp³-hybridized carbons (Fsp3) is 0.409. The molecule has 0 amide bonds. The SMILES string of the molecule is N#Cc1c(Cl)cccc1OC[C@H](O)CN1CCC[C@@H](Cc2ccccc2)C1. The maximum Gasteiger partial charge on any atom is 0.138 e. The highest BCUT2D eigenvalue weighted by atomic mass is 35.5. The Morgan fingerprint density at radius 1 is 1.22 bits per heavy atom. The molecule has 1 aliphatic rings. The number of benzene rings is 2. The van der Waals surface area contributed by atoms with Crippen LogP contribution < -0.4 is 4.74 Å². The Morgan fingerprint density at radius 2 is 2.04 bits per heavy atom. The van der Waals surface area contributed by atoms with Crippen LogP contribution in [-0.4, -0.2) is 42.4 Å². The molecular weight excluding hydrogens is 360 g/mol. The minimum atomic E-state index is -0.606. The quantitative estimate of drug-likeness (QED) is 0.786. The highest BCUT2D eigenvalue weighted by Crippen LogP contribution is 2.25. The number of nitriles is 1. The van der Waals surface area contributed by atoms with Gasteiger partial charge in [0.25, 0.3) is 0 Å². The van der Waals surface area contributed by atoms with E-state index in [4.69, 9.17) is 16.3 Å². The Morgan fingerprint density at radius 3 is 2.81 bits per heavy atom. The molecule has 0 bridgehead atoms. The summed E-state index contributed by atoms with van der Waals surface area (Å²) in [6.45, 7) is 2.72. The van der Waals surface area contributed by atoms with Gasteiger partial charge in [-0.2, -0.15) is 5.26 Å². The predicted octanol–water partition coefficient (Wildman–Crippen LogP) is 3.91. The Kier molecular flexibility index (Phi) is 7.11. The molecule has 1 aliphatic heterocycles. The predicted molar refractivity (Wildman–Crippen MR) is 107 cm³/mol. The molecule has 142 valence electrons. The maximum atomic E-state index is 10.4. The molecule has 0 saturated carbocycles. The molecule has 1 fully saturated rings. The van der Waals surface area contributed by atoms with Crippen molar-refractivity contribution in [2.24, 2.45) is 5.92 Å². The summed E-state index contributed by atoms with van der Waals surface area (Å²) in [4.78, 5) is 2.31. The van der Waals surface area contributed by atoms with Crippen LogP contribution >= 0.6 is 11.6 Å². The smallest absolute Gasteiger partial charge is 0.138 e. The first-order valence-electron chi connectivity index (χ1n) is 9.41. The number of rotatable bonds is 7. The average Bonchev–Trinajstić information content (AvgIpc) is 2.67. The maximum absolute atomic E-state index is 10.4. The van der Waals surface area contributed by atoms with E-state index in [0.29, 0.717) is 28.8 Å². The number of nitrogens with zero attached hydrogens (tertiary/aromatic N) is 2. The molecule has 2 atom stereocenters. The number of piperidine rings is 1. The molecule has 0 aliphatic carbocycles. The van der Waals surface area contributed by atoms with Crippen molar-refractivity contribution in [3.63, 3.8) is 0 Å². The number of halogens is 1. The van der Waals surface area contributed by atoms with Crippen molar-refractivity contribution in [1.29, 1.82) is 5.26 Å². The van der Waals surface area contributed by atoms with Gasteiger partial charge in [-0.15, -0.1) is 0 Å². The molecule has 1 N–H and O–H groups in total. The van der Waals surface area contributed by atoms with Crippen LogP contribution in [0.15, 0.2) is 48.5 Å². The second-order valence-corrected chi connectivity index (χ2v) is 7.55. The number of aliphatic hydroxyl groups excluding tert-OH is 1. The summed E-state index contributed by atoms with van der Waals surface area (Å²) in [5.41, 5.74) is 1.69. The van der Waals surface area contributed by atoms with E-state index in [2.05, 4.69) is 29.2 Å². The second kappa shape index (κ2) is 9.75. The van der Waals surface area contributed by atoms with Gasteiger partial charge in [0.2, 0.25) is 0 Å². The van der Waals surface area contributed by atoms with Crippen LogP contribution in [0.4, 0.5) is 0 Å². The lowest BCUT2D eigenvalue weighted by atomic mass is 9.91. The minimum absolute atomic E-state index is 0.148. The fourth-order valence-corrected chi connectivity index (χ4v) is 3.91. The number of ether oxygens (including phenoxy) is 1. The lowest BCUT2D eigenvalue weighted by Crippen LogP contribution is -2.42. The number of β-amino-alcohol motifs (C(OH)–C–C–N with tert-alkyl or cyclic N) is 1. The van der Waals surface area contributed by atoms with Crippen LogP contribution in [0.3, 0.4) is 0 Å². The zero-order chi connectivity index (χ0) is 19.1. The monoisotopic (exact) mass is 384 g/mol. The molecule has 3 rings (SSSR count). The summed E-state index contributed by atoms with van der Waals surface area (Å²) in [5.74, 6) is 1.04. The van der Waals surface area contributed by atoms with Crippen molar-refractivity contribution >= 4 is 11.6 Å². The third-order valence-corrected chi connectivity index (χ3v) is 5.27. The molecule has 2 aromatic carbocycles. The number of likely N-dealkylation sites (tertiary alicyclic amines) is 1. The average molecular weight is 385 g/mol. The van der Waals surface area contributed by atoms with E-state index in [1.165, 1.54) is 12.0 Å². The van der Waals surface area contributed by atoms with Crippen LogP contribution in [0, 0.1) is 17.2 Å². The summed E-state index contributed by atoms with van der Waals surface area (Å²) >= 11 is 6.01. The lowest BCUT2D eigenvalue weighted by Gasteiger charge is -2.34. The first-order chi connectivity index (χ1) is 13.2. The van der Waals surface area contributed by atoms with Crippen LogP contribution in [0.1, 0.15) is 24.0 Å². The van der Waals surface area contributed by atoms with E-state index >= 15 is 0 Å². The molecular formula is C22H25ClN2O2. The highest BCUT2D eigenvalue weighted by Gasteiger charge is 2.22. The molecule has 4 nitrogen and oxygen atoms in total. The van der Waals surface area contributed by atoms with Gasteiger partial charge in [-0.1, -0.05) is 48.0 Å². The van der Waals surface area contributed by atoms with E-state index in [0.717, 1.165) is 25.9 Å². The van der Waals surface area contributed by atoms with Crippen LogP contribution in [0.25, 0.3) is 0 Å². The van der Waals surface area contributed by atoms with E-state index < -0.39 is 6.10 Å². The van der Waals surface area contributed by atoms with Gasteiger partial charge in [-0.25, -0.2) is 0 Å². The second-order valence-electron chi connectivity index (χ2n) is 7.15. The molecule has 0 aromatic heterocycles. The molecule has 1 saturated heterocycles. The molecule has 5 heteroatoms. The fourth-order valence-electron chi connectivity index (χ4n) is 3.70. The van der Waals surface area contributed by atoms with Gasteiger partial charge in [-0.05, 0) is 49.4 Å². The molecule has 27 heavy (non-hydrogen) atoms. The highest BCUT2D eigenvalue weighted by molar-refractivity contribution is 6.31. The minimum Gasteiger partial charge on any atom is -0.489 e. The summed E-state index contributed by atoms with van der Waals surface area (Å²) in [6, 6.07) is 17.7. The van der Waals surface area contributed by atoms with Crippen molar-refractivity contribution in [2.45, 2.75) is 25.4 Å². The Labute approximate surface area is 165 Å². The van der Waals surface area contributed by atoms with Crippen molar-refractivity contribution in [3.8, 4) is 11.8 Å². The number of hydrogen-bond acceptors (Lipinski definition) is 4. The summed E-state index contributed by atoms with van der Waals surface area (Å²) in [6.07, 6.45) is 2.85. The molecule has 1 heterocycles. The normalized spacial score (nSPS) is 18.6. The Bertz CT molecular complexity index is 776. The third-order valence-electron chi connectivity index (χ3n) is 4.96. The largest absolute Gasteiger partial charge is 0.489 e. The number of aliphatic hydroxyl groups is 1. The van der Waals surface area contributed by atoms with Gasteiger partial charge in [0.05, 0.1) is 5.02 Å². The molecule has 0 unspecified atom stereocenters. The van der Waals surface area contributed by atoms with E-state index in [9.17, 15) is 10.4 Å². The van der Waals surface area contributed by atoms with E-state index in [-0.39, 0.29) is 6.61 Å². The molecule has 2 aromatic rings. The van der Waals surface area contributed by atoms with E-state index in [1.54, 1.807) is 18.2 Å². The third kappa shape index (κ3) is 5.71. The van der Waals surface area contributed by atoms with Crippen LogP contribution in [-0.2, 0) is 6.42 Å². The van der Waals surface area contributed by atoms with E-state index in [1.807, 2.05) is 12.1 Å². The summed E-state index contributed by atoms with van der Waals surface area (Å²) < 4.78 is 5.65. The van der Waals surface area contributed by atoms with Gasteiger partial charge in [0.15, 0.2) is 0 Å². The topological polar surface area (TPSA) is 56.5 Å². The Balaban J connectivity index is 1.48. The van der Waals surface area contributed by atoms with Crippen molar-refractivity contribution in [1.82, 2.24) is 4.90 Å². The number of hydrogen-bond donors (Lipinski definition) is 1. The molecule has 0 radical (unpaired) electrons. The van der Waals surface area contributed by atoms with Gasteiger partial charge in [0, 0.05) is 13.1 Å². The first kappa shape index (κ1) is 19.7. The first-order valence-corrected chi connectivity index (χ1v) is 9.79. The van der Waals surface area contributed by atoms with Crippen LogP contribution in [0.2, 0.25) is 5.02 Å². The summed E-state index contributed by atoms with van der Waals surface area (Å²) in [5, 5.41) is 19.9. The van der Waals surface area contributed by atoms with Crippen molar-refractivity contribution in [2.75, 3.05) is 26.2 Å². The van der Waals surface area contributed by atoms with Gasteiger partial charge in [0.1, 0.15) is 30.1 Å². The standard InChI is InChI=1S/C22H25ClN2O2/c23-21-9-4-10-22(20(21)13-24)27-16-19(26)15-25-11-5-8-18(14-25)12-17-6-2-1-3-7-17/h1-4,6-7,9-10,18-19,26H,5,8,11-12,14-16H2/t18-,19+/m0/s1. The van der Waals surface area contributed by atoms with Crippen molar-refractivity contribution in [3.05, 3.63) is 64.7 Å². The Hall–Kier alpha value is -2.06. The zero-order valence-electron chi connectivity index (χ0n) is 15.4. The van der Waals surface area contributed by atoms with Gasteiger partial charge in [-0.3, -0.25) is 0 Å².